The lowest BCUT2D eigenvalue weighted by atomic mass is 9.94. The van der Waals surface area contributed by atoms with Crippen molar-refractivity contribution < 1.29 is 23.8 Å². The number of aromatic nitrogens is 2. The number of anilines is 1. The molecule has 2 atom stereocenters. The van der Waals surface area contributed by atoms with Crippen LogP contribution in [0.25, 0.3) is 22.3 Å². The van der Waals surface area contributed by atoms with Crippen molar-refractivity contribution in [3.8, 4) is 28.0 Å². The third-order valence-electron chi connectivity index (χ3n) is 8.11. The van der Waals surface area contributed by atoms with Gasteiger partial charge in [-0.05, 0) is 48.2 Å². The minimum Gasteiger partial charge on any atom is -0.496 e. The van der Waals surface area contributed by atoms with Crippen molar-refractivity contribution in [2.45, 2.75) is 32.0 Å². The molecule has 0 unspecified atom stereocenters. The number of aliphatic hydroxyl groups excluding tert-OH is 1. The van der Waals surface area contributed by atoms with Crippen molar-refractivity contribution >= 4 is 23.2 Å². The maximum Gasteiger partial charge on any atom is 0.330 e. The first-order valence-electron chi connectivity index (χ1n) is 14.3. The molecule has 1 fully saturated rings. The minimum atomic E-state index is -0.703. The van der Waals surface area contributed by atoms with Crippen LogP contribution in [0.1, 0.15) is 27.9 Å². The number of ether oxygens (including phenoxy) is 2. The van der Waals surface area contributed by atoms with E-state index >= 15 is 4.39 Å². The smallest absolute Gasteiger partial charge is 0.330 e. The maximum absolute atomic E-state index is 15.5. The average molecular weight is 637 g/mol. The van der Waals surface area contributed by atoms with Crippen molar-refractivity contribution in [3.63, 3.8) is 0 Å². The molecule has 4 aromatic rings. The van der Waals surface area contributed by atoms with Crippen LogP contribution in [0.4, 0.5) is 10.1 Å². The van der Waals surface area contributed by atoms with Crippen molar-refractivity contribution in [3.05, 3.63) is 103 Å². The number of nitrogens with one attached hydrogen (secondary N) is 2. The fourth-order valence-corrected chi connectivity index (χ4v) is 5.83. The van der Waals surface area contributed by atoms with Gasteiger partial charge in [-0.25, -0.2) is 9.18 Å². The Morgan fingerprint density at radius 2 is 1.84 bits per heavy atom. The Hall–Kier alpha value is -4.29. The predicted octanol–water partition coefficient (Wildman–Crippen LogP) is 4.02. The summed E-state index contributed by atoms with van der Waals surface area (Å²) in [5, 5.41) is 16.5. The van der Waals surface area contributed by atoms with Crippen LogP contribution in [0, 0.1) is 12.7 Å². The highest BCUT2D eigenvalue weighted by molar-refractivity contribution is 6.36. The number of aryl methyl sites for hydroxylation is 1. The maximum atomic E-state index is 15.5. The Balaban J connectivity index is 1.45. The highest BCUT2D eigenvalue weighted by atomic mass is 35.5. The molecule has 0 radical (unpaired) electrons. The van der Waals surface area contributed by atoms with E-state index in [1.165, 1.54) is 38.0 Å². The number of hydrogen-bond donors (Lipinski definition) is 3. The zero-order chi connectivity index (χ0) is 32.4. The first kappa shape index (κ1) is 32.1. The first-order chi connectivity index (χ1) is 21.5. The van der Waals surface area contributed by atoms with Crippen LogP contribution in [0.3, 0.4) is 0 Å². The zero-order valence-electron chi connectivity index (χ0n) is 25.3. The Labute approximate surface area is 264 Å². The first-order valence-corrected chi connectivity index (χ1v) is 14.7. The van der Waals surface area contributed by atoms with Gasteiger partial charge in [0, 0.05) is 61.9 Å². The largest absolute Gasteiger partial charge is 0.496 e. The monoisotopic (exact) mass is 636 g/mol. The molecule has 0 saturated carbocycles. The Bertz CT molecular complexity index is 1890. The van der Waals surface area contributed by atoms with Gasteiger partial charge >= 0.3 is 5.69 Å². The summed E-state index contributed by atoms with van der Waals surface area (Å²) in [6.07, 6.45) is 1.15. The molecule has 5 rings (SSSR count). The molecular weight excluding hydrogens is 603 g/mol. The van der Waals surface area contributed by atoms with Gasteiger partial charge in [0.15, 0.2) is 0 Å². The van der Waals surface area contributed by atoms with Gasteiger partial charge < -0.3 is 29.8 Å². The number of nitrogens with zero attached hydrogens (tertiary/aromatic N) is 2. The normalized spacial score (nSPS) is 16.4. The third kappa shape index (κ3) is 6.43. The second-order valence-corrected chi connectivity index (χ2v) is 11.3. The molecule has 1 amide bonds. The lowest BCUT2D eigenvalue weighted by molar-refractivity contribution is -0.0281. The fraction of sp³-hybridized carbons (Fsp3) is 0.303. The molecule has 2 heterocycles. The van der Waals surface area contributed by atoms with Crippen LogP contribution in [-0.4, -0.2) is 52.6 Å². The molecular formula is C33H34ClFN4O6. The molecule has 45 heavy (non-hydrogen) atoms. The third-order valence-corrected chi connectivity index (χ3v) is 8.52. The van der Waals surface area contributed by atoms with Gasteiger partial charge in [-0.3, -0.25) is 14.2 Å². The second kappa shape index (κ2) is 13.4. The molecule has 1 aromatic heterocycles. The van der Waals surface area contributed by atoms with Gasteiger partial charge in [-0.15, -0.1) is 0 Å². The molecule has 12 heteroatoms. The minimum absolute atomic E-state index is 0.161. The number of rotatable bonds is 8. The highest BCUT2D eigenvalue weighted by Crippen LogP contribution is 2.41. The average Bonchev–Trinajstić information content (AvgIpc) is 3.02. The van der Waals surface area contributed by atoms with E-state index in [2.05, 4.69) is 10.6 Å². The summed E-state index contributed by atoms with van der Waals surface area (Å²) in [5.74, 6) is -0.800. The molecule has 10 nitrogen and oxygen atoms in total. The van der Waals surface area contributed by atoms with Gasteiger partial charge in [-0.1, -0.05) is 41.9 Å². The van der Waals surface area contributed by atoms with E-state index in [-0.39, 0.29) is 24.8 Å². The number of carbonyl (C=O) groups is 1. The zero-order valence-corrected chi connectivity index (χ0v) is 26.1. The number of halogens is 2. The molecule has 0 bridgehead atoms. The molecule has 0 aliphatic carbocycles. The number of hydrogen-bond acceptors (Lipinski definition) is 7. The summed E-state index contributed by atoms with van der Waals surface area (Å²) in [6, 6.07) is 13.6. The van der Waals surface area contributed by atoms with Gasteiger partial charge in [0.2, 0.25) is 0 Å². The lowest BCUT2D eigenvalue weighted by Crippen LogP contribution is -2.46. The second-order valence-electron chi connectivity index (χ2n) is 11.0. The van der Waals surface area contributed by atoms with Crippen LogP contribution in [-0.2, 0) is 25.4 Å². The molecule has 3 N–H and O–H groups in total. The Morgan fingerprint density at radius 1 is 1.13 bits per heavy atom. The van der Waals surface area contributed by atoms with E-state index in [9.17, 15) is 19.5 Å². The molecule has 236 valence electrons. The number of methoxy groups -OCH3 is 1. The van der Waals surface area contributed by atoms with Gasteiger partial charge in [0.25, 0.3) is 11.5 Å². The highest BCUT2D eigenvalue weighted by Gasteiger charge is 2.25. The number of amides is 1. The predicted molar refractivity (Wildman–Crippen MR) is 171 cm³/mol. The quantitative estimate of drug-likeness (QED) is 0.267. The summed E-state index contributed by atoms with van der Waals surface area (Å²) >= 11 is 6.96. The van der Waals surface area contributed by atoms with Crippen molar-refractivity contribution in [1.82, 2.24) is 14.5 Å². The molecule has 1 aliphatic rings. The fourth-order valence-electron chi connectivity index (χ4n) is 5.49. The van der Waals surface area contributed by atoms with Gasteiger partial charge in [-0.2, -0.15) is 0 Å². The Morgan fingerprint density at radius 3 is 2.58 bits per heavy atom. The lowest BCUT2D eigenvalue weighted by Gasteiger charge is -2.29. The summed E-state index contributed by atoms with van der Waals surface area (Å²) in [5.41, 5.74) is 2.51. The SMILES string of the molecule is COc1cc(-c2cccc(-c3cccc(NC(=O)c4cn(C)c(=O)n(C)c4=O)c3C)c2Cl)cc(F)c1CN[C@@H]1CCOC[C@H]1O. The van der Waals surface area contributed by atoms with E-state index < -0.39 is 29.1 Å². The van der Waals surface area contributed by atoms with Crippen molar-refractivity contribution in [2.24, 2.45) is 14.1 Å². The summed E-state index contributed by atoms with van der Waals surface area (Å²) < 4.78 is 28.4. The summed E-state index contributed by atoms with van der Waals surface area (Å²) in [4.78, 5) is 37.7. The van der Waals surface area contributed by atoms with Gasteiger partial charge in [0.05, 0.1) is 24.8 Å². The standard InChI is InChI=1S/C33H34ClFN4O6/c1-18-20(7-6-10-26(18)37-31(41)24-16-38(2)33(43)39(3)32(24)42)22-9-5-8-21(30(22)34)19-13-25(35)23(29(14-19)44-4)15-36-27-11-12-45-17-28(27)40/h5-10,13-14,16,27-28,36,40H,11-12,15,17H2,1-4H3,(H,37,41)/t27-,28-/m1/s1. The van der Waals surface area contributed by atoms with Crippen LogP contribution >= 0.6 is 11.6 Å². The van der Waals surface area contributed by atoms with E-state index in [0.717, 1.165) is 10.1 Å². The van der Waals surface area contributed by atoms with E-state index in [1.54, 1.807) is 24.3 Å². The topological polar surface area (TPSA) is 124 Å². The molecule has 0 spiro atoms. The Kier molecular flexibility index (Phi) is 9.54. The number of benzene rings is 3. The summed E-state index contributed by atoms with van der Waals surface area (Å²) in [7, 11) is 4.24. The van der Waals surface area contributed by atoms with Crippen LogP contribution < -0.4 is 26.6 Å². The van der Waals surface area contributed by atoms with Crippen LogP contribution in [0.15, 0.2) is 64.3 Å². The van der Waals surface area contributed by atoms with Crippen LogP contribution in [0.5, 0.6) is 5.75 Å². The van der Waals surface area contributed by atoms with E-state index in [0.29, 0.717) is 57.3 Å². The molecule has 3 aromatic carbocycles. The number of aliphatic hydroxyl groups is 1. The summed E-state index contributed by atoms with van der Waals surface area (Å²) in [6.45, 7) is 2.72. The molecule has 1 aliphatic heterocycles. The van der Waals surface area contributed by atoms with E-state index in [4.69, 9.17) is 21.1 Å². The molecule has 1 saturated heterocycles. The van der Waals surface area contributed by atoms with Crippen LogP contribution in [0.2, 0.25) is 5.02 Å². The van der Waals surface area contributed by atoms with Crippen molar-refractivity contribution in [1.29, 1.82) is 0 Å². The van der Waals surface area contributed by atoms with Gasteiger partial charge in [0.1, 0.15) is 17.1 Å². The number of carbonyl (C=O) groups excluding carboxylic acids is 1. The van der Waals surface area contributed by atoms with Crippen molar-refractivity contribution in [2.75, 3.05) is 25.6 Å². The van der Waals surface area contributed by atoms with E-state index in [1.807, 2.05) is 25.1 Å².